The molecule has 0 atom stereocenters. The van der Waals surface area contributed by atoms with E-state index in [-0.39, 0.29) is 18.1 Å². The van der Waals surface area contributed by atoms with Crippen LogP contribution in [0.25, 0.3) is 0 Å². The first-order valence-corrected chi connectivity index (χ1v) is 7.66. The Hall–Kier alpha value is -1.59. The molecule has 1 amide bonds. The number of aromatic nitrogens is 1. The van der Waals surface area contributed by atoms with E-state index < -0.39 is 5.97 Å². The fraction of sp³-hybridized carbons (Fsp3) is 0.500. The Kier molecular flexibility index (Phi) is 6.48. The molecule has 0 radical (unpaired) electrons. The Morgan fingerprint density at radius 2 is 2.25 bits per heavy atom. The summed E-state index contributed by atoms with van der Waals surface area (Å²) in [6, 6.07) is 1.99. The van der Waals surface area contributed by atoms with Gasteiger partial charge in [-0.05, 0) is 6.92 Å². The standard InChI is InChI=1S/C12H15N3O3S2/c1-8-9(6-11(17)18)20-12(14-8)19-7-10(16)15(2)5-3-4-13/h3,5-7H2,1-2H3,(H,17,18). The van der Waals surface area contributed by atoms with E-state index in [0.29, 0.717) is 27.9 Å². The van der Waals surface area contributed by atoms with Gasteiger partial charge in [0.25, 0.3) is 0 Å². The summed E-state index contributed by atoms with van der Waals surface area (Å²) in [5.74, 6) is -0.722. The number of carbonyl (C=O) groups excluding carboxylic acids is 1. The summed E-state index contributed by atoms with van der Waals surface area (Å²) in [5, 5.41) is 17.2. The third kappa shape index (κ3) is 5.19. The molecule has 1 aromatic heterocycles. The molecule has 0 spiro atoms. The molecule has 6 nitrogen and oxygen atoms in total. The number of carboxylic acid groups (broad SMARTS) is 1. The van der Waals surface area contributed by atoms with Crippen LogP contribution in [-0.4, -0.2) is 46.2 Å². The Morgan fingerprint density at radius 3 is 2.85 bits per heavy atom. The number of aryl methyl sites for hydroxylation is 1. The third-order valence-electron chi connectivity index (χ3n) is 2.49. The fourth-order valence-electron chi connectivity index (χ4n) is 1.34. The van der Waals surface area contributed by atoms with E-state index in [9.17, 15) is 9.59 Å². The van der Waals surface area contributed by atoms with Gasteiger partial charge in [0.15, 0.2) is 4.34 Å². The average molecular weight is 313 g/mol. The van der Waals surface area contributed by atoms with Crippen LogP contribution in [0.5, 0.6) is 0 Å². The van der Waals surface area contributed by atoms with E-state index in [0.717, 1.165) is 0 Å². The number of hydrogen-bond donors (Lipinski definition) is 1. The zero-order valence-electron chi connectivity index (χ0n) is 11.3. The Labute approximate surface area is 125 Å². The lowest BCUT2D eigenvalue weighted by Crippen LogP contribution is -2.29. The number of nitriles is 1. The summed E-state index contributed by atoms with van der Waals surface area (Å²) in [6.45, 7) is 2.18. The molecule has 1 N–H and O–H groups in total. The van der Waals surface area contributed by atoms with Gasteiger partial charge < -0.3 is 10.0 Å². The molecule has 8 heteroatoms. The van der Waals surface area contributed by atoms with Crippen LogP contribution < -0.4 is 0 Å². The van der Waals surface area contributed by atoms with Crippen molar-refractivity contribution in [3.05, 3.63) is 10.6 Å². The molecule has 0 bridgehead atoms. The number of amides is 1. The largest absolute Gasteiger partial charge is 0.481 e. The molecule has 0 saturated carbocycles. The van der Waals surface area contributed by atoms with Gasteiger partial charge in [-0.2, -0.15) is 5.26 Å². The first-order chi connectivity index (χ1) is 9.43. The summed E-state index contributed by atoms with van der Waals surface area (Å²) < 4.78 is 0.695. The van der Waals surface area contributed by atoms with Crippen LogP contribution in [0.1, 0.15) is 17.0 Å². The Bertz CT molecular complexity index is 537. The van der Waals surface area contributed by atoms with E-state index in [4.69, 9.17) is 10.4 Å². The van der Waals surface area contributed by atoms with Crippen molar-refractivity contribution >= 4 is 35.0 Å². The second-order valence-electron chi connectivity index (χ2n) is 4.07. The highest BCUT2D eigenvalue weighted by atomic mass is 32.2. The van der Waals surface area contributed by atoms with Crippen LogP contribution in [-0.2, 0) is 16.0 Å². The number of carboxylic acids is 1. The predicted molar refractivity (Wildman–Crippen MR) is 76.8 cm³/mol. The molecule has 1 rings (SSSR count). The molecule has 0 aromatic carbocycles. The number of thiazole rings is 1. The minimum absolute atomic E-state index is 0.0416. The highest BCUT2D eigenvalue weighted by Crippen LogP contribution is 2.27. The van der Waals surface area contributed by atoms with Crippen molar-refractivity contribution in [2.75, 3.05) is 19.3 Å². The lowest BCUT2D eigenvalue weighted by molar-refractivity contribution is -0.136. The van der Waals surface area contributed by atoms with Crippen molar-refractivity contribution in [2.24, 2.45) is 0 Å². The van der Waals surface area contributed by atoms with Gasteiger partial charge >= 0.3 is 5.97 Å². The number of aliphatic carboxylic acids is 1. The maximum Gasteiger partial charge on any atom is 0.308 e. The average Bonchev–Trinajstić information content (AvgIpc) is 2.73. The molecule has 0 saturated heterocycles. The number of rotatable bonds is 7. The predicted octanol–water partition coefficient (Wildman–Crippen LogP) is 1.54. The number of hydrogen-bond acceptors (Lipinski definition) is 6. The maximum absolute atomic E-state index is 11.8. The van der Waals surface area contributed by atoms with E-state index in [1.54, 1.807) is 14.0 Å². The van der Waals surface area contributed by atoms with E-state index in [2.05, 4.69) is 4.98 Å². The second kappa shape index (κ2) is 7.87. The quantitative estimate of drug-likeness (QED) is 0.767. The van der Waals surface area contributed by atoms with Crippen LogP contribution in [0.4, 0.5) is 0 Å². The van der Waals surface area contributed by atoms with Crippen molar-refractivity contribution in [1.82, 2.24) is 9.88 Å². The minimum atomic E-state index is -0.888. The maximum atomic E-state index is 11.8. The molecule has 1 aromatic rings. The molecule has 20 heavy (non-hydrogen) atoms. The molecule has 0 fully saturated rings. The van der Waals surface area contributed by atoms with Crippen molar-refractivity contribution in [2.45, 2.75) is 24.1 Å². The highest BCUT2D eigenvalue weighted by Gasteiger charge is 2.14. The lowest BCUT2D eigenvalue weighted by atomic mass is 10.3. The number of thioether (sulfide) groups is 1. The van der Waals surface area contributed by atoms with Crippen LogP contribution in [0, 0.1) is 18.3 Å². The van der Waals surface area contributed by atoms with Gasteiger partial charge in [0.1, 0.15) is 0 Å². The van der Waals surface area contributed by atoms with Crippen LogP contribution in [0.3, 0.4) is 0 Å². The lowest BCUT2D eigenvalue weighted by Gasteiger charge is -2.14. The molecule has 0 aliphatic rings. The third-order valence-corrected chi connectivity index (χ3v) is 4.77. The SMILES string of the molecule is Cc1nc(SCC(=O)N(C)CCC#N)sc1CC(=O)O. The fourth-order valence-corrected chi connectivity index (χ4v) is 3.51. The topological polar surface area (TPSA) is 94.3 Å². The van der Waals surface area contributed by atoms with Crippen molar-refractivity contribution < 1.29 is 14.7 Å². The molecule has 0 unspecified atom stereocenters. The normalized spacial score (nSPS) is 10.1. The van der Waals surface area contributed by atoms with Gasteiger partial charge in [0.2, 0.25) is 5.91 Å². The first-order valence-electron chi connectivity index (χ1n) is 5.85. The van der Waals surface area contributed by atoms with Gasteiger partial charge in [-0.3, -0.25) is 9.59 Å². The molecule has 108 valence electrons. The molecular formula is C12H15N3O3S2. The van der Waals surface area contributed by atoms with E-state index in [1.165, 1.54) is 28.0 Å². The number of carbonyl (C=O) groups is 2. The van der Waals surface area contributed by atoms with Gasteiger partial charge in [0, 0.05) is 18.5 Å². The summed E-state index contributed by atoms with van der Waals surface area (Å²) >= 11 is 2.60. The second-order valence-corrected chi connectivity index (χ2v) is 6.38. The van der Waals surface area contributed by atoms with Crippen molar-refractivity contribution in [1.29, 1.82) is 5.26 Å². The Balaban J connectivity index is 2.51. The molecule has 0 aliphatic heterocycles. The van der Waals surface area contributed by atoms with Crippen LogP contribution in [0.15, 0.2) is 4.34 Å². The first kappa shape index (κ1) is 16.5. The van der Waals surface area contributed by atoms with Crippen LogP contribution >= 0.6 is 23.1 Å². The van der Waals surface area contributed by atoms with Crippen LogP contribution in [0.2, 0.25) is 0 Å². The zero-order chi connectivity index (χ0) is 15.1. The van der Waals surface area contributed by atoms with Crippen molar-refractivity contribution in [3.8, 4) is 6.07 Å². The van der Waals surface area contributed by atoms with Gasteiger partial charge in [0.05, 0.1) is 30.4 Å². The summed E-state index contributed by atoms with van der Waals surface area (Å²) in [6.07, 6.45) is 0.270. The van der Waals surface area contributed by atoms with E-state index in [1.807, 2.05) is 6.07 Å². The summed E-state index contributed by atoms with van der Waals surface area (Å²) in [7, 11) is 1.66. The van der Waals surface area contributed by atoms with Gasteiger partial charge in [-0.1, -0.05) is 11.8 Å². The van der Waals surface area contributed by atoms with Crippen molar-refractivity contribution in [3.63, 3.8) is 0 Å². The molecular weight excluding hydrogens is 298 g/mol. The monoisotopic (exact) mass is 313 g/mol. The van der Waals surface area contributed by atoms with Gasteiger partial charge in [-0.25, -0.2) is 4.98 Å². The van der Waals surface area contributed by atoms with E-state index >= 15 is 0 Å². The highest BCUT2D eigenvalue weighted by molar-refractivity contribution is 8.01. The molecule has 0 aliphatic carbocycles. The Morgan fingerprint density at radius 1 is 1.55 bits per heavy atom. The summed E-state index contributed by atoms with van der Waals surface area (Å²) in [4.78, 5) is 28.9. The minimum Gasteiger partial charge on any atom is -0.481 e. The van der Waals surface area contributed by atoms with Gasteiger partial charge in [-0.15, -0.1) is 11.3 Å². The zero-order valence-corrected chi connectivity index (χ0v) is 12.9. The summed E-state index contributed by atoms with van der Waals surface area (Å²) in [5.41, 5.74) is 0.699. The smallest absolute Gasteiger partial charge is 0.308 e. The molecule has 1 heterocycles. The number of nitrogens with zero attached hydrogens (tertiary/aromatic N) is 3.